The van der Waals surface area contributed by atoms with E-state index in [0.717, 1.165) is 5.56 Å². The van der Waals surface area contributed by atoms with Crippen LogP contribution in [-0.2, 0) is 4.79 Å². The van der Waals surface area contributed by atoms with E-state index in [4.69, 9.17) is 11.6 Å². The summed E-state index contributed by atoms with van der Waals surface area (Å²) in [6.45, 7) is 0. The van der Waals surface area contributed by atoms with Gasteiger partial charge < -0.3 is 5.32 Å². The van der Waals surface area contributed by atoms with Crippen LogP contribution < -0.4 is 5.32 Å². The predicted molar refractivity (Wildman–Crippen MR) is 49.1 cm³/mol. The number of likely N-dealkylation sites (N-methyl/N-ethyl adjacent to an activating group) is 1. The molecule has 0 aliphatic carbocycles. The summed E-state index contributed by atoms with van der Waals surface area (Å²) in [4.78, 5) is 11.1. The Kier molecular flexibility index (Phi) is 3.11. The van der Waals surface area contributed by atoms with Crippen molar-refractivity contribution >= 4 is 17.5 Å². The Morgan fingerprint density at radius 1 is 1.42 bits per heavy atom. The molecule has 1 rings (SSSR count). The summed E-state index contributed by atoms with van der Waals surface area (Å²) in [7, 11) is 1.57. The van der Waals surface area contributed by atoms with E-state index in [1.807, 2.05) is 30.3 Å². The quantitative estimate of drug-likeness (QED) is 0.695. The number of rotatable bonds is 2. The molecule has 1 aromatic carbocycles. The van der Waals surface area contributed by atoms with Gasteiger partial charge in [0.15, 0.2) is 0 Å². The molecule has 1 atom stereocenters. The molecule has 1 amide bonds. The third kappa shape index (κ3) is 1.98. The predicted octanol–water partition coefficient (Wildman–Crippen LogP) is 1.71. The highest BCUT2D eigenvalue weighted by atomic mass is 35.5. The fourth-order valence-corrected chi connectivity index (χ4v) is 1.15. The van der Waals surface area contributed by atoms with Crippen molar-refractivity contribution in [1.29, 1.82) is 0 Å². The van der Waals surface area contributed by atoms with E-state index in [0.29, 0.717) is 0 Å². The van der Waals surface area contributed by atoms with E-state index in [1.165, 1.54) is 0 Å². The number of carbonyl (C=O) groups is 1. The van der Waals surface area contributed by atoms with Crippen LogP contribution in [0, 0.1) is 0 Å². The summed E-state index contributed by atoms with van der Waals surface area (Å²) in [5, 5.41) is 1.91. The van der Waals surface area contributed by atoms with E-state index in [1.54, 1.807) is 7.05 Å². The van der Waals surface area contributed by atoms with Gasteiger partial charge in [0.2, 0.25) is 5.91 Å². The molecule has 0 bridgehead atoms. The molecule has 0 fully saturated rings. The Balaban J connectivity index is 2.78. The van der Waals surface area contributed by atoms with Gasteiger partial charge in [-0.3, -0.25) is 4.79 Å². The van der Waals surface area contributed by atoms with Crippen molar-refractivity contribution < 1.29 is 4.79 Å². The summed E-state index contributed by atoms with van der Waals surface area (Å²) >= 11 is 5.84. The molecule has 1 N–H and O–H groups in total. The highest BCUT2D eigenvalue weighted by Crippen LogP contribution is 2.19. The van der Waals surface area contributed by atoms with Gasteiger partial charge in [0.05, 0.1) is 0 Å². The molecule has 2 nitrogen and oxygen atoms in total. The molecule has 0 saturated carbocycles. The summed E-state index contributed by atoms with van der Waals surface area (Å²) in [6, 6.07) is 9.25. The van der Waals surface area contributed by atoms with Crippen LogP contribution in [0.15, 0.2) is 30.3 Å². The molecule has 0 spiro atoms. The topological polar surface area (TPSA) is 29.1 Å². The molecule has 0 aromatic heterocycles. The van der Waals surface area contributed by atoms with Crippen molar-refractivity contribution in [1.82, 2.24) is 5.32 Å². The van der Waals surface area contributed by atoms with Crippen molar-refractivity contribution in [3.63, 3.8) is 0 Å². The van der Waals surface area contributed by atoms with Crippen molar-refractivity contribution in [3.8, 4) is 0 Å². The standard InChI is InChI=1S/C9H10ClNO/c1-11-9(12)8(10)7-5-3-2-4-6-7/h2-6,8H,1H3,(H,11,12)/t8-/m1/s1. The Morgan fingerprint density at radius 3 is 2.50 bits per heavy atom. The van der Waals surface area contributed by atoms with Gasteiger partial charge in [-0.1, -0.05) is 30.3 Å². The molecule has 0 radical (unpaired) electrons. The van der Waals surface area contributed by atoms with Gasteiger partial charge in [0.25, 0.3) is 0 Å². The second-order valence-corrected chi connectivity index (χ2v) is 2.82. The van der Waals surface area contributed by atoms with Crippen LogP contribution in [0.3, 0.4) is 0 Å². The lowest BCUT2D eigenvalue weighted by Gasteiger charge is -2.06. The average molecular weight is 184 g/mol. The molecule has 3 heteroatoms. The third-order valence-electron chi connectivity index (χ3n) is 1.57. The minimum absolute atomic E-state index is 0.178. The van der Waals surface area contributed by atoms with Crippen molar-refractivity contribution in [3.05, 3.63) is 35.9 Å². The number of hydrogen-bond donors (Lipinski definition) is 1. The number of amides is 1. The van der Waals surface area contributed by atoms with Crippen LogP contribution in [0.1, 0.15) is 10.9 Å². The lowest BCUT2D eigenvalue weighted by molar-refractivity contribution is -0.120. The van der Waals surface area contributed by atoms with Crippen LogP contribution in [-0.4, -0.2) is 13.0 Å². The maximum atomic E-state index is 11.1. The normalized spacial score (nSPS) is 12.2. The zero-order valence-corrected chi connectivity index (χ0v) is 7.51. The number of halogens is 1. The smallest absolute Gasteiger partial charge is 0.242 e. The number of alkyl halides is 1. The third-order valence-corrected chi connectivity index (χ3v) is 2.02. The second kappa shape index (κ2) is 4.12. The molecule has 0 aliphatic heterocycles. The van der Waals surface area contributed by atoms with Crippen LogP contribution >= 0.6 is 11.6 Å². The maximum absolute atomic E-state index is 11.1. The van der Waals surface area contributed by atoms with Gasteiger partial charge in [0.1, 0.15) is 5.38 Å². The number of hydrogen-bond acceptors (Lipinski definition) is 1. The van der Waals surface area contributed by atoms with E-state index < -0.39 is 5.38 Å². The van der Waals surface area contributed by atoms with Crippen molar-refractivity contribution in [2.75, 3.05) is 7.05 Å². The molecule has 1 aromatic rings. The zero-order chi connectivity index (χ0) is 8.97. The first kappa shape index (κ1) is 9.07. The lowest BCUT2D eigenvalue weighted by Crippen LogP contribution is -2.22. The summed E-state index contributed by atoms with van der Waals surface area (Å²) in [5.41, 5.74) is 0.818. The van der Waals surface area contributed by atoms with E-state index in [2.05, 4.69) is 5.32 Å². The first-order valence-corrected chi connectivity index (χ1v) is 4.10. The molecule has 0 aliphatic rings. The van der Waals surface area contributed by atoms with Crippen LogP contribution in [0.25, 0.3) is 0 Å². The van der Waals surface area contributed by atoms with Gasteiger partial charge in [0, 0.05) is 7.05 Å². The SMILES string of the molecule is CNC(=O)[C@H](Cl)c1ccccc1. The second-order valence-electron chi connectivity index (χ2n) is 2.39. The number of benzene rings is 1. The molecule has 0 heterocycles. The highest BCUT2D eigenvalue weighted by molar-refractivity contribution is 6.30. The zero-order valence-electron chi connectivity index (χ0n) is 6.75. The van der Waals surface area contributed by atoms with Crippen molar-refractivity contribution in [2.45, 2.75) is 5.38 Å². The van der Waals surface area contributed by atoms with Crippen molar-refractivity contribution in [2.24, 2.45) is 0 Å². The Morgan fingerprint density at radius 2 is 2.00 bits per heavy atom. The van der Waals surface area contributed by atoms with E-state index in [-0.39, 0.29) is 5.91 Å². The number of carbonyl (C=O) groups excluding carboxylic acids is 1. The Hall–Kier alpha value is -1.02. The minimum atomic E-state index is -0.587. The highest BCUT2D eigenvalue weighted by Gasteiger charge is 2.14. The minimum Gasteiger partial charge on any atom is -0.358 e. The first-order valence-electron chi connectivity index (χ1n) is 3.66. The Bertz CT molecular complexity index is 260. The fraction of sp³-hybridized carbons (Fsp3) is 0.222. The largest absolute Gasteiger partial charge is 0.358 e. The van der Waals surface area contributed by atoms with Gasteiger partial charge in [-0.05, 0) is 5.56 Å². The maximum Gasteiger partial charge on any atom is 0.242 e. The lowest BCUT2D eigenvalue weighted by atomic mass is 10.1. The van der Waals surface area contributed by atoms with Gasteiger partial charge >= 0.3 is 0 Å². The molecule has 0 unspecified atom stereocenters. The van der Waals surface area contributed by atoms with Crippen LogP contribution in [0.5, 0.6) is 0 Å². The van der Waals surface area contributed by atoms with E-state index in [9.17, 15) is 4.79 Å². The average Bonchev–Trinajstić information content (AvgIpc) is 2.17. The molecule has 12 heavy (non-hydrogen) atoms. The fourth-order valence-electron chi connectivity index (χ4n) is 0.900. The van der Waals surface area contributed by atoms with E-state index >= 15 is 0 Å². The first-order chi connectivity index (χ1) is 5.75. The summed E-state index contributed by atoms with van der Waals surface area (Å²) in [6.07, 6.45) is 0. The summed E-state index contributed by atoms with van der Waals surface area (Å²) in [5.74, 6) is -0.178. The monoisotopic (exact) mass is 183 g/mol. The summed E-state index contributed by atoms with van der Waals surface area (Å²) < 4.78 is 0. The van der Waals surface area contributed by atoms with Crippen LogP contribution in [0.2, 0.25) is 0 Å². The molecule has 64 valence electrons. The van der Waals surface area contributed by atoms with Gasteiger partial charge in [-0.25, -0.2) is 0 Å². The Labute approximate surface area is 76.5 Å². The van der Waals surface area contributed by atoms with Gasteiger partial charge in [-0.2, -0.15) is 0 Å². The molecular weight excluding hydrogens is 174 g/mol. The van der Waals surface area contributed by atoms with Crippen LogP contribution in [0.4, 0.5) is 0 Å². The molecule has 0 saturated heterocycles. The molecular formula is C9H10ClNO. The van der Waals surface area contributed by atoms with Gasteiger partial charge in [-0.15, -0.1) is 11.6 Å². The number of nitrogens with one attached hydrogen (secondary N) is 1.